The predicted molar refractivity (Wildman–Crippen MR) is 70.1 cm³/mol. The van der Waals surface area contributed by atoms with Gasteiger partial charge in [0.2, 0.25) is 0 Å². The Balaban J connectivity index is 1.66. The predicted octanol–water partition coefficient (Wildman–Crippen LogP) is 1.72. The molecule has 3 heterocycles. The van der Waals surface area contributed by atoms with Crippen molar-refractivity contribution in [2.45, 2.75) is 25.4 Å². The first kappa shape index (κ1) is 11.8. The lowest BCUT2D eigenvalue weighted by Gasteiger charge is -2.29. The van der Waals surface area contributed by atoms with Crippen molar-refractivity contribution >= 4 is 11.3 Å². The van der Waals surface area contributed by atoms with E-state index >= 15 is 0 Å². The molecular formula is C12H16N4OS. The van der Waals surface area contributed by atoms with Gasteiger partial charge in [-0.1, -0.05) is 11.2 Å². The Hall–Kier alpha value is -1.24. The second-order valence-corrected chi connectivity index (χ2v) is 5.58. The van der Waals surface area contributed by atoms with E-state index in [2.05, 4.69) is 15.0 Å². The fourth-order valence-corrected chi connectivity index (χ4v) is 2.90. The van der Waals surface area contributed by atoms with E-state index in [4.69, 9.17) is 10.3 Å². The molecule has 6 heteroatoms. The molecule has 1 unspecified atom stereocenters. The highest BCUT2D eigenvalue weighted by atomic mass is 32.1. The first-order valence-corrected chi connectivity index (χ1v) is 7.03. The van der Waals surface area contributed by atoms with Crippen LogP contribution in [0.5, 0.6) is 0 Å². The maximum Gasteiger partial charge on any atom is 0.268 e. The van der Waals surface area contributed by atoms with Gasteiger partial charge in [-0.15, -0.1) is 11.3 Å². The molecular weight excluding hydrogens is 248 g/mol. The van der Waals surface area contributed by atoms with Crippen molar-refractivity contribution in [3.05, 3.63) is 23.3 Å². The summed E-state index contributed by atoms with van der Waals surface area (Å²) in [6.45, 7) is 2.71. The van der Waals surface area contributed by atoms with E-state index in [1.807, 2.05) is 17.5 Å². The van der Waals surface area contributed by atoms with Gasteiger partial charge in [-0.25, -0.2) is 0 Å². The van der Waals surface area contributed by atoms with Crippen LogP contribution in [0.4, 0.5) is 0 Å². The van der Waals surface area contributed by atoms with E-state index < -0.39 is 0 Å². The Morgan fingerprint density at radius 2 is 2.50 bits per heavy atom. The third-order valence-corrected chi connectivity index (χ3v) is 3.96. The van der Waals surface area contributed by atoms with Gasteiger partial charge in [0.1, 0.15) is 0 Å². The molecule has 0 amide bonds. The molecule has 0 aliphatic carbocycles. The highest BCUT2D eigenvalue weighted by Crippen LogP contribution is 2.22. The Kier molecular flexibility index (Phi) is 3.40. The summed E-state index contributed by atoms with van der Waals surface area (Å²) in [6, 6.07) is 4.24. The average molecular weight is 264 g/mol. The molecule has 2 aromatic rings. The number of likely N-dealkylation sites (tertiary alicyclic amines) is 1. The minimum absolute atomic E-state index is 0.280. The molecule has 2 aromatic heterocycles. The monoisotopic (exact) mass is 264 g/mol. The van der Waals surface area contributed by atoms with Crippen LogP contribution in [-0.2, 0) is 6.54 Å². The lowest BCUT2D eigenvalue weighted by molar-refractivity contribution is 0.195. The van der Waals surface area contributed by atoms with Crippen molar-refractivity contribution in [1.82, 2.24) is 15.0 Å². The average Bonchev–Trinajstić information content (AvgIpc) is 2.98. The maximum absolute atomic E-state index is 5.96. The number of piperidine rings is 1. The van der Waals surface area contributed by atoms with E-state index in [9.17, 15) is 0 Å². The van der Waals surface area contributed by atoms with Crippen LogP contribution in [0.15, 0.2) is 22.0 Å². The maximum atomic E-state index is 5.96. The highest BCUT2D eigenvalue weighted by molar-refractivity contribution is 7.13. The van der Waals surface area contributed by atoms with Crippen molar-refractivity contribution in [1.29, 1.82) is 0 Å². The summed E-state index contributed by atoms with van der Waals surface area (Å²) in [5.41, 5.74) is 5.96. The SMILES string of the molecule is NC1CCCN(Cc2noc(-c3cccs3)n2)C1. The topological polar surface area (TPSA) is 68.2 Å². The minimum atomic E-state index is 0.280. The van der Waals surface area contributed by atoms with E-state index in [-0.39, 0.29) is 6.04 Å². The molecule has 5 nitrogen and oxygen atoms in total. The molecule has 18 heavy (non-hydrogen) atoms. The zero-order valence-electron chi connectivity index (χ0n) is 10.1. The summed E-state index contributed by atoms with van der Waals surface area (Å²) in [5, 5.41) is 6.03. The number of aromatic nitrogens is 2. The zero-order chi connectivity index (χ0) is 12.4. The number of nitrogens with zero attached hydrogens (tertiary/aromatic N) is 3. The second-order valence-electron chi connectivity index (χ2n) is 4.63. The van der Waals surface area contributed by atoms with Gasteiger partial charge in [0.25, 0.3) is 5.89 Å². The number of hydrogen-bond acceptors (Lipinski definition) is 6. The first-order valence-electron chi connectivity index (χ1n) is 6.15. The second kappa shape index (κ2) is 5.17. The Labute approximate surface area is 110 Å². The van der Waals surface area contributed by atoms with Crippen LogP contribution in [0.3, 0.4) is 0 Å². The third kappa shape index (κ3) is 2.60. The van der Waals surface area contributed by atoms with E-state index in [1.54, 1.807) is 11.3 Å². The summed E-state index contributed by atoms with van der Waals surface area (Å²) in [7, 11) is 0. The van der Waals surface area contributed by atoms with Crippen molar-refractivity contribution < 1.29 is 4.52 Å². The van der Waals surface area contributed by atoms with Gasteiger partial charge in [-0.3, -0.25) is 4.90 Å². The fraction of sp³-hybridized carbons (Fsp3) is 0.500. The molecule has 0 aromatic carbocycles. The van der Waals surface area contributed by atoms with Gasteiger partial charge in [-0.2, -0.15) is 4.98 Å². The van der Waals surface area contributed by atoms with Crippen LogP contribution in [-0.4, -0.2) is 34.2 Å². The Bertz CT molecular complexity index is 496. The minimum Gasteiger partial charge on any atom is -0.333 e. The van der Waals surface area contributed by atoms with Crippen LogP contribution in [0.25, 0.3) is 10.8 Å². The van der Waals surface area contributed by atoms with Gasteiger partial charge >= 0.3 is 0 Å². The molecule has 0 spiro atoms. The van der Waals surface area contributed by atoms with E-state index in [0.29, 0.717) is 5.89 Å². The summed E-state index contributed by atoms with van der Waals surface area (Å²) >= 11 is 1.61. The summed E-state index contributed by atoms with van der Waals surface area (Å²) in [4.78, 5) is 7.73. The molecule has 0 bridgehead atoms. The van der Waals surface area contributed by atoms with Gasteiger partial charge in [-0.05, 0) is 30.8 Å². The van der Waals surface area contributed by atoms with Crippen LogP contribution in [0, 0.1) is 0 Å². The quantitative estimate of drug-likeness (QED) is 0.914. The van der Waals surface area contributed by atoms with Crippen molar-refractivity contribution in [2.75, 3.05) is 13.1 Å². The smallest absolute Gasteiger partial charge is 0.268 e. The lowest BCUT2D eigenvalue weighted by atomic mass is 10.1. The number of nitrogens with two attached hydrogens (primary N) is 1. The summed E-state index contributed by atoms with van der Waals surface area (Å²) in [5.74, 6) is 1.36. The molecule has 2 N–H and O–H groups in total. The zero-order valence-corrected chi connectivity index (χ0v) is 10.9. The molecule has 1 fully saturated rings. The standard InChI is InChI=1S/C12H16N4OS/c13-9-3-1-5-16(7-9)8-11-14-12(17-15-11)10-4-2-6-18-10/h2,4,6,9H,1,3,5,7-8,13H2. The highest BCUT2D eigenvalue weighted by Gasteiger charge is 2.19. The lowest BCUT2D eigenvalue weighted by Crippen LogP contribution is -2.42. The number of thiophene rings is 1. The van der Waals surface area contributed by atoms with E-state index in [0.717, 1.165) is 43.2 Å². The van der Waals surface area contributed by atoms with Crippen LogP contribution >= 0.6 is 11.3 Å². The Morgan fingerprint density at radius 3 is 3.28 bits per heavy atom. The Morgan fingerprint density at radius 1 is 1.56 bits per heavy atom. The molecule has 0 saturated carbocycles. The molecule has 1 saturated heterocycles. The fourth-order valence-electron chi connectivity index (χ4n) is 2.25. The molecule has 96 valence electrons. The summed E-state index contributed by atoms with van der Waals surface area (Å²) in [6.07, 6.45) is 2.26. The van der Waals surface area contributed by atoms with Crippen LogP contribution in [0.1, 0.15) is 18.7 Å². The number of hydrogen-bond donors (Lipinski definition) is 1. The van der Waals surface area contributed by atoms with Crippen molar-refractivity contribution in [3.8, 4) is 10.8 Å². The van der Waals surface area contributed by atoms with E-state index in [1.165, 1.54) is 0 Å². The van der Waals surface area contributed by atoms with Gasteiger partial charge < -0.3 is 10.3 Å². The number of rotatable bonds is 3. The molecule has 0 radical (unpaired) electrons. The van der Waals surface area contributed by atoms with Gasteiger partial charge in [0.05, 0.1) is 11.4 Å². The van der Waals surface area contributed by atoms with Gasteiger partial charge in [0, 0.05) is 12.6 Å². The van der Waals surface area contributed by atoms with Gasteiger partial charge in [0.15, 0.2) is 5.82 Å². The summed E-state index contributed by atoms with van der Waals surface area (Å²) < 4.78 is 5.27. The largest absolute Gasteiger partial charge is 0.333 e. The molecule has 3 rings (SSSR count). The third-order valence-electron chi connectivity index (χ3n) is 3.11. The first-order chi connectivity index (χ1) is 8.81. The van der Waals surface area contributed by atoms with Crippen LogP contribution in [0.2, 0.25) is 0 Å². The molecule has 1 aliphatic heterocycles. The molecule has 1 atom stereocenters. The molecule has 1 aliphatic rings. The van der Waals surface area contributed by atoms with Crippen molar-refractivity contribution in [2.24, 2.45) is 5.73 Å². The normalized spacial score (nSPS) is 21.3. The van der Waals surface area contributed by atoms with Crippen LogP contribution < -0.4 is 5.73 Å². The van der Waals surface area contributed by atoms with Crippen molar-refractivity contribution in [3.63, 3.8) is 0 Å².